The highest BCUT2D eigenvalue weighted by molar-refractivity contribution is 5.94. The average Bonchev–Trinajstić information content (AvgIpc) is 2.60. The normalized spacial score (nSPS) is 10.3. The fraction of sp³-hybridized carbons (Fsp3) is 0.263. The molecule has 0 spiro atoms. The van der Waals surface area contributed by atoms with Crippen molar-refractivity contribution in [3.8, 4) is 0 Å². The molecule has 0 fully saturated rings. The Balaban J connectivity index is 2.22. The largest absolute Gasteiger partial charge is 0.481 e. The van der Waals surface area contributed by atoms with Crippen LogP contribution in [0.5, 0.6) is 0 Å². The van der Waals surface area contributed by atoms with Crippen molar-refractivity contribution in [1.82, 2.24) is 4.90 Å². The van der Waals surface area contributed by atoms with Crippen LogP contribution >= 0.6 is 0 Å². The minimum Gasteiger partial charge on any atom is -0.481 e. The Morgan fingerprint density at radius 1 is 1.15 bits per heavy atom. The third-order valence-corrected chi connectivity index (χ3v) is 3.96. The Labute approximate surface area is 151 Å². The Kier molecular flexibility index (Phi) is 6.43. The summed E-state index contributed by atoms with van der Waals surface area (Å²) in [4.78, 5) is 35.6. The summed E-state index contributed by atoms with van der Waals surface area (Å²) in [7, 11) is 0. The zero-order valence-corrected chi connectivity index (χ0v) is 14.4. The molecule has 2 aromatic carbocycles. The molecule has 1 amide bonds. The van der Waals surface area contributed by atoms with Gasteiger partial charge in [0, 0.05) is 36.7 Å². The number of nitro benzene ring substituents is 1. The van der Waals surface area contributed by atoms with Crippen molar-refractivity contribution in [2.24, 2.45) is 0 Å². The Morgan fingerprint density at radius 3 is 2.42 bits per heavy atom. The van der Waals surface area contributed by atoms with E-state index in [-0.39, 0.29) is 24.6 Å². The van der Waals surface area contributed by atoms with E-state index in [0.29, 0.717) is 24.1 Å². The van der Waals surface area contributed by atoms with Crippen LogP contribution < -0.4 is 0 Å². The van der Waals surface area contributed by atoms with Crippen LogP contribution in [-0.4, -0.2) is 33.4 Å². The van der Waals surface area contributed by atoms with Gasteiger partial charge in [-0.1, -0.05) is 30.3 Å². The lowest BCUT2D eigenvalue weighted by atomic mass is 10.1. The molecule has 1 N–H and O–H groups in total. The van der Waals surface area contributed by atoms with Crippen molar-refractivity contribution in [3.05, 3.63) is 75.3 Å². The maximum Gasteiger partial charge on any atom is 0.303 e. The summed E-state index contributed by atoms with van der Waals surface area (Å²) in [5, 5.41) is 19.8. The SMILES string of the molecule is Cc1cc(C(=O)N(CCCC(=O)O)Cc2ccccc2)ccc1[N+](=O)[O-]. The van der Waals surface area contributed by atoms with E-state index in [9.17, 15) is 19.7 Å². The van der Waals surface area contributed by atoms with Gasteiger partial charge in [0.25, 0.3) is 11.6 Å². The molecular weight excluding hydrogens is 336 g/mol. The monoisotopic (exact) mass is 356 g/mol. The van der Waals surface area contributed by atoms with Gasteiger partial charge in [-0.3, -0.25) is 19.7 Å². The van der Waals surface area contributed by atoms with Gasteiger partial charge >= 0.3 is 5.97 Å². The van der Waals surface area contributed by atoms with Crippen molar-refractivity contribution >= 4 is 17.6 Å². The second-order valence-corrected chi connectivity index (χ2v) is 5.97. The van der Waals surface area contributed by atoms with Crippen LogP contribution in [0.2, 0.25) is 0 Å². The first-order valence-corrected chi connectivity index (χ1v) is 8.18. The average molecular weight is 356 g/mol. The molecule has 136 valence electrons. The van der Waals surface area contributed by atoms with Gasteiger partial charge < -0.3 is 10.0 Å². The number of amides is 1. The van der Waals surface area contributed by atoms with Gasteiger partial charge in [0.1, 0.15) is 0 Å². The molecule has 2 rings (SSSR count). The molecule has 0 aliphatic rings. The topological polar surface area (TPSA) is 101 Å². The maximum atomic E-state index is 12.9. The summed E-state index contributed by atoms with van der Waals surface area (Å²) < 4.78 is 0. The van der Waals surface area contributed by atoms with E-state index in [2.05, 4.69) is 0 Å². The molecule has 0 aliphatic heterocycles. The lowest BCUT2D eigenvalue weighted by Crippen LogP contribution is -2.32. The molecule has 0 saturated carbocycles. The number of hydrogen-bond acceptors (Lipinski definition) is 4. The first kappa shape index (κ1) is 19.1. The number of nitrogens with zero attached hydrogens (tertiary/aromatic N) is 2. The number of nitro groups is 1. The fourth-order valence-electron chi connectivity index (χ4n) is 2.65. The Morgan fingerprint density at radius 2 is 1.85 bits per heavy atom. The maximum absolute atomic E-state index is 12.9. The summed E-state index contributed by atoms with van der Waals surface area (Å²) in [6, 6.07) is 13.6. The van der Waals surface area contributed by atoms with Crippen molar-refractivity contribution < 1.29 is 19.6 Å². The highest BCUT2D eigenvalue weighted by Gasteiger charge is 2.19. The van der Waals surface area contributed by atoms with Gasteiger partial charge in [0.15, 0.2) is 0 Å². The van der Waals surface area contributed by atoms with E-state index >= 15 is 0 Å². The predicted molar refractivity (Wildman–Crippen MR) is 95.9 cm³/mol. The lowest BCUT2D eigenvalue weighted by Gasteiger charge is -2.23. The second kappa shape index (κ2) is 8.75. The van der Waals surface area contributed by atoms with Crippen LogP contribution in [0.25, 0.3) is 0 Å². The quantitative estimate of drug-likeness (QED) is 0.577. The highest BCUT2D eigenvalue weighted by Crippen LogP contribution is 2.20. The number of carbonyl (C=O) groups is 2. The number of carboxylic acid groups (broad SMARTS) is 1. The van der Waals surface area contributed by atoms with Crippen molar-refractivity contribution in [2.75, 3.05) is 6.54 Å². The van der Waals surface area contributed by atoms with E-state index in [1.807, 2.05) is 30.3 Å². The van der Waals surface area contributed by atoms with Gasteiger partial charge in [0.05, 0.1) is 4.92 Å². The van der Waals surface area contributed by atoms with Crippen LogP contribution in [0.1, 0.15) is 34.3 Å². The Bertz CT molecular complexity index is 805. The van der Waals surface area contributed by atoms with Gasteiger partial charge in [0.2, 0.25) is 0 Å². The fourth-order valence-corrected chi connectivity index (χ4v) is 2.65. The molecule has 0 heterocycles. The molecule has 0 saturated heterocycles. The van der Waals surface area contributed by atoms with Crippen LogP contribution in [0, 0.1) is 17.0 Å². The van der Waals surface area contributed by atoms with Gasteiger partial charge in [-0.25, -0.2) is 0 Å². The van der Waals surface area contributed by atoms with Crippen LogP contribution in [0.15, 0.2) is 48.5 Å². The third-order valence-electron chi connectivity index (χ3n) is 3.96. The minimum absolute atomic E-state index is 0.0299. The molecule has 0 radical (unpaired) electrons. The molecule has 0 unspecified atom stereocenters. The molecule has 7 heteroatoms. The van der Waals surface area contributed by atoms with Crippen molar-refractivity contribution in [1.29, 1.82) is 0 Å². The molecule has 7 nitrogen and oxygen atoms in total. The molecule has 0 aliphatic carbocycles. The highest BCUT2D eigenvalue weighted by atomic mass is 16.6. The van der Waals surface area contributed by atoms with Crippen LogP contribution in [-0.2, 0) is 11.3 Å². The molecule has 0 aromatic heterocycles. The van der Waals surface area contributed by atoms with E-state index in [4.69, 9.17) is 5.11 Å². The predicted octanol–water partition coefficient (Wildman–Crippen LogP) is 3.41. The van der Waals surface area contributed by atoms with Gasteiger partial charge in [-0.2, -0.15) is 0 Å². The smallest absolute Gasteiger partial charge is 0.303 e. The Hall–Kier alpha value is -3.22. The number of aliphatic carboxylic acids is 1. The number of carbonyl (C=O) groups excluding carboxylic acids is 1. The number of rotatable bonds is 8. The van der Waals surface area contributed by atoms with Crippen LogP contribution in [0.4, 0.5) is 5.69 Å². The van der Waals surface area contributed by atoms with E-state index in [1.54, 1.807) is 11.8 Å². The first-order valence-electron chi connectivity index (χ1n) is 8.18. The van der Waals surface area contributed by atoms with E-state index in [1.165, 1.54) is 18.2 Å². The van der Waals surface area contributed by atoms with Gasteiger partial charge in [-0.15, -0.1) is 0 Å². The molecule has 26 heavy (non-hydrogen) atoms. The lowest BCUT2D eigenvalue weighted by molar-refractivity contribution is -0.385. The first-order chi connectivity index (χ1) is 12.4. The zero-order chi connectivity index (χ0) is 19.1. The molecule has 2 aromatic rings. The molecule has 0 bridgehead atoms. The zero-order valence-electron chi connectivity index (χ0n) is 14.4. The van der Waals surface area contributed by atoms with Crippen molar-refractivity contribution in [2.45, 2.75) is 26.3 Å². The summed E-state index contributed by atoms with van der Waals surface area (Å²) in [6.07, 6.45) is 0.303. The second-order valence-electron chi connectivity index (χ2n) is 5.97. The summed E-state index contributed by atoms with van der Waals surface area (Å²) in [5.74, 6) is -1.19. The van der Waals surface area contributed by atoms with Crippen molar-refractivity contribution in [3.63, 3.8) is 0 Å². The minimum atomic E-state index is -0.914. The summed E-state index contributed by atoms with van der Waals surface area (Å²) in [6.45, 7) is 2.21. The van der Waals surface area contributed by atoms with Crippen LogP contribution in [0.3, 0.4) is 0 Å². The standard InChI is InChI=1S/C19H20N2O5/c1-14-12-16(9-10-17(14)21(25)26)19(24)20(11-5-8-18(22)23)13-15-6-3-2-4-7-15/h2-4,6-7,9-10,12H,5,8,11,13H2,1H3,(H,22,23). The molecular formula is C19H20N2O5. The number of hydrogen-bond donors (Lipinski definition) is 1. The van der Waals surface area contributed by atoms with Gasteiger partial charge in [-0.05, 0) is 31.0 Å². The number of carboxylic acids is 1. The summed E-state index contributed by atoms with van der Waals surface area (Å²) >= 11 is 0. The van der Waals surface area contributed by atoms with E-state index in [0.717, 1.165) is 5.56 Å². The third kappa shape index (κ3) is 5.14. The summed E-state index contributed by atoms with van der Waals surface area (Å²) in [5.41, 5.74) is 1.64. The molecule has 0 atom stereocenters. The number of aryl methyl sites for hydroxylation is 1. The van der Waals surface area contributed by atoms with E-state index < -0.39 is 10.9 Å². The number of benzene rings is 2.